The molecule has 0 aliphatic heterocycles. The maximum atomic E-state index is 10.4. The maximum Gasteiger partial charge on any atom is 0.120 e. The smallest absolute Gasteiger partial charge is 0.120 e. The molecule has 0 unspecified atom stereocenters. The molecule has 0 radical (unpaired) electrons. The average Bonchev–Trinajstić information content (AvgIpc) is 2.18. The molecule has 0 aromatic heterocycles. The van der Waals surface area contributed by atoms with Gasteiger partial charge in [0.15, 0.2) is 0 Å². The highest BCUT2D eigenvalue weighted by molar-refractivity contribution is 5.50. The second-order valence-corrected chi connectivity index (χ2v) is 3.61. The van der Waals surface area contributed by atoms with E-state index in [1.165, 1.54) is 19.3 Å². The van der Waals surface area contributed by atoms with Crippen LogP contribution in [0, 0.1) is 5.92 Å². The van der Waals surface area contributed by atoms with E-state index in [0.29, 0.717) is 12.3 Å². The average molecular weight is 194 g/mol. The highest BCUT2D eigenvalue weighted by Crippen LogP contribution is 2.10. The Bertz CT molecular complexity index is 160. The third-order valence-corrected chi connectivity index (χ3v) is 2.25. The van der Waals surface area contributed by atoms with Gasteiger partial charge in [-0.15, -0.1) is 6.58 Å². The van der Waals surface area contributed by atoms with E-state index < -0.39 is 0 Å². The summed E-state index contributed by atoms with van der Waals surface area (Å²) in [5.74, 6) is 0.367. The van der Waals surface area contributed by atoms with Gasteiger partial charge >= 0.3 is 0 Å². The lowest BCUT2D eigenvalue weighted by atomic mass is 10.0. The summed E-state index contributed by atoms with van der Waals surface area (Å²) in [6.45, 7) is 5.90. The second-order valence-electron chi connectivity index (χ2n) is 3.61. The lowest BCUT2D eigenvalue weighted by Gasteiger charge is -2.04. The minimum absolute atomic E-state index is 0.367. The fourth-order valence-electron chi connectivity index (χ4n) is 1.39. The third-order valence-electron chi connectivity index (χ3n) is 2.25. The molecule has 0 rings (SSSR count). The zero-order valence-corrected chi connectivity index (χ0v) is 9.24. The summed E-state index contributed by atoms with van der Waals surface area (Å²) in [6.07, 6.45) is 13.7. The molecule has 0 fully saturated rings. The molecule has 0 saturated heterocycles. The van der Waals surface area contributed by atoms with Gasteiger partial charge in [0.25, 0.3) is 0 Å². The van der Waals surface area contributed by atoms with Gasteiger partial charge in [0.2, 0.25) is 0 Å². The topological polar surface area (TPSA) is 17.1 Å². The Morgan fingerprint density at radius 3 is 2.64 bits per heavy atom. The summed E-state index contributed by atoms with van der Waals surface area (Å²) in [4.78, 5) is 10.4. The van der Waals surface area contributed by atoms with Gasteiger partial charge < -0.3 is 4.79 Å². The molecule has 0 amide bonds. The molecule has 1 heteroatoms. The lowest BCUT2D eigenvalue weighted by molar-refractivity contribution is -0.108. The minimum atomic E-state index is 0.367. The Morgan fingerprint density at radius 1 is 1.29 bits per heavy atom. The normalized spacial score (nSPS) is 12.9. The van der Waals surface area contributed by atoms with Crippen molar-refractivity contribution in [3.8, 4) is 0 Å². The largest absolute Gasteiger partial charge is 0.303 e. The van der Waals surface area contributed by atoms with Crippen LogP contribution in [0.25, 0.3) is 0 Å². The van der Waals surface area contributed by atoms with E-state index in [1.807, 2.05) is 6.08 Å². The number of aldehydes is 1. The van der Waals surface area contributed by atoms with Crippen LogP contribution in [0.4, 0.5) is 0 Å². The molecule has 0 N–H and O–H groups in total. The summed E-state index contributed by atoms with van der Waals surface area (Å²) in [5.41, 5.74) is 0. The van der Waals surface area contributed by atoms with Crippen molar-refractivity contribution in [1.82, 2.24) is 0 Å². The van der Waals surface area contributed by atoms with E-state index in [9.17, 15) is 4.79 Å². The summed E-state index contributed by atoms with van der Waals surface area (Å²) >= 11 is 0. The third kappa shape index (κ3) is 7.78. The molecule has 80 valence electrons. The van der Waals surface area contributed by atoms with Gasteiger partial charge in [-0.1, -0.05) is 38.0 Å². The van der Waals surface area contributed by atoms with Gasteiger partial charge in [0, 0.05) is 6.42 Å². The number of hydrogen-bond donors (Lipinski definition) is 0. The molecule has 0 aromatic carbocycles. The molecule has 0 spiro atoms. The highest BCUT2D eigenvalue weighted by atomic mass is 16.1. The Labute approximate surface area is 87.9 Å². The van der Waals surface area contributed by atoms with E-state index in [-0.39, 0.29) is 0 Å². The van der Waals surface area contributed by atoms with Crippen LogP contribution in [0.5, 0.6) is 0 Å². The Hall–Kier alpha value is -0.850. The van der Waals surface area contributed by atoms with E-state index in [1.54, 1.807) is 0 Å². The van der Waals surface area contributed by atoms with Crippen LogP contribution < -0.4 is 0 Å². The fraction of sp³-hybridized carbons (Fsp3) is 0.615. The first kappa shape index (κ1) is 13.2. The molecule has 1 nitrogen and oxygen atoms in total. The molecule has 14 heavy (non-hydrogen) atoms. The SMILES string of the molecule is C=CC[C@@H](/C=C/CCCCC)CC=O. The van der Waals surface area contributed by atoms with Gasteiger partial charge in [0.1, 0.15) is 6.29 Å². The number of hydrogen-bond acceptors (Lipinski definition) is 1. The van der Waals surface area contributed by atoms with Crippen molar-refractivity contribution in [3.05, 3.63) is 24.8 Å². The van der Waals surface area contributed by atoms with E-state index in [4.69, 9.17) is 0 Å². The van der Waals surface area contributed by atoms with Crippen LogP contribution in [-0.2, 0) is 4.79 Å². The van der Waals surface area contributed by atoms with Crippen LogP contribution in [0.15, 0.2) is 24.8 Å². The van der Waals surface area contributed by atoms with Crippen LogP contribution in [0.1, 0.15) is 45.4 Å². The molecule has 0 bridgehead atoms. The highest BCUT2D eigenvalue weighted by Gasteiger charge is 1.99. The molecule has 0 aliphatic rings. The zero-order valence-electron chi connectivity index (χ0n) is 9.24. The lowest BCUT2D eigenvalue weighted by Crippen LogP contribution is -1.95. The predicted octanol–water partition coefficient (Wildman–Crippen LogP) is 3.90. The minimum Gasteiger partial charge on any atom is -0.303 e. The Morgan fingerprint density at radius 2 is 2.07 bits per heavy atom. The number of rotatable bonds is 9. The molecule has 0 aromatic rings. The maximum absolute atomic E-state index is 10.4. The number of carbonyl (C=O) groups excluding carboxylic acids is 1. The fourth-order valence-corrected chi connectivity index (χ4v) is 1.39. The van der Waals surface area contributed by atoms with Crippen molar-refractivity contribution in [2.75, 3.05) is 0 Å². The number of carbonyl (C=O) groups is 1. The van der Waals surface area contributed by atoms with Crippen molar-refractivity contribution in [1.29, 1.82) is 0 Å². The molecular formula is C13H22O. The van der Waals surface area contributed by atoms with Gasteiger partial charge in [-0.3, -0.25) is 0 Å². The first-order chi connectivity index (χ1) is 6.85. The van der Waals surface area contributed by atoms with Crippen LogP contribution >= 0.6 is 0 Å². The number of unbranched alkanes of at least 4 members (excludes halogenated alkanes) is 3. The van der Waals surface area contributed by atoms with E-state index in [0.717, 1.165) is 19.1 Å². The summed E-state index contributed by atoms with van der Waals surface area (Å²) in [6, 6.07) is 0. The van der Waals surface area contributed by atoms with Crippen molar-refractivity contribution in [2.45, 2.75) is 45.4 Å². The monoisotopic (exact) mass is 194 g/mol. The first-order valence-electron chi connectivity index (χ1n) is 5.56. The molecule has 1 atom stereocenters. The standard InChI is InChI=1S/C13H22O/c1-3-5-6-7-8-10-13(9-4-2)11-12-14/h4,8,10,12-13H,2-3,5-7,9,11H2,1H3/b10-8+/t13-/m0/s1. The predicted molar refractivity (Wildman–Crippen MR) is 62.3 cm³/mol. The van der Waals surface area contributed by atoms with Gasteiger partial charge in [-0.2, -0.15) is 0 Å². The molecular weight excluding hydrogens is 172 g/mol. The molecule has 0 heterocycles. The van der Waals surface area contributed by atoms with Gasteiger partial charge in [0.05, 0.1) is 0 Å². The quantitative estimate of drug-likeness (QED) is 0.309. The first-order valence-corrected chi connectivity index (χ1v) is 5.56. The van der Waals surface area contributed by atoms with E-state index in [2.05, 4.69) is 25.7 Å². The van der Waals surface area contributed by atoms with Crippen LogP contribution in [0.2, 0.25) is 0 Å². The summed E-state index contributed by atoms with van der Waals surface area (Å²) in [7, 11) is 0. The summed E-state index contributed by atoms with van der Waals surface area (Å²) < 4.78 is 0. The van der Waals surface area contributed by atoms with Crippen LogP contribution in [-0.4, -0.2) is 6.29 Å². The zero-order chi connectivity index (χ0) is 10.6. The van der Waals surface area contributed by atoms with Crippen molar-refractivity contribution in [2.24, 2.45) is 5.92 Å². The molecule has 0 aliphatic carbocycles. The van der Waals surface area contributed by atoms with Crippen LogP contribution in [0.3, 0.4) is 0 Å². The van der Waals surface area contributed by atoms with Crippen molar-refractivity contribution >= 4 is 6.29 Å². The van der Waals surface area contributed by atoms with Crippen molar-refractivity contribution < 1.29 is 4.79 Å². The second kappa shape index (κ2) is 10.2. The van der Waals surface area contributed by atoms with Gasteiger partial charge in [-0.25, -0.2) is 0 Å². The Kier molecular flexibility index (Phi) is 9.61. The van der Waals surface area contributed by atoms with E-state index >= 15 is 0 Å². The van der Waals surface area contributed by atoms with Gasteiger partial charge in [-0.05, 0) is 25.2 Å². The Balaban J connectivity index is 3.65. The molecule has 0 saturated carbocycles. The van der Waals surface area contributed by atoms with Crippen molar-refractivity contribution in [3.63, 3.8) is 0 Å². The number of allylic oxidation sites excluding steroid dienone is 3. The summed E-state index contributed by atoms with van der Waals surface area (Å²) in [5, 5.41) is 0.